The van der Waals surface area contributed by atoms with Gasteiger partial charge in [0.2, 0.25) is 12.7 Å². The normalized spacial score (nSPS) is 24.4. The Labute approximate surface area is 144 Å². The van der Waals surface area contributed by atoms with Gasteiger partial charge in [0, 0.05) is 6.54 Å². The van der Waals surface area contributed by atoms with Crippen molar-refractivity contribution < 1.29 is 23.9 Å². The Hall–Kier alpha value is -2.77. The number of carbonyl (C=O) groups is 3. The first-order chi connectivity index (χ1) is 12.0. The quantitative estimate of drug-likeness (QED) is 0.768. The maximum absolute atomic E-state index is 12.5. The van der Waals surface area contributed by atoms with Gasteiger partial charge in [-0.15, -0.1) is 0 Å². The van der Waals surface area contributed by atoms with Gasteiger partial charge in [-0.1, -0.05) is 6.07 Å². The number of nitrogens with one attached hydrogen (secondary N) is 2. The third-order valence-electron chi connectivity index (χ3n) is 4.92. The van der Waals surface area contributed by atoms with Crippen molar-refractivity contribution in [1.29, 1.82) is 0 Å². The van der Waals surface area contributed by atoms with Crippen LogP contribution in [-0.2, 0) is 16.1 Å². The lowest BCUT2D eigenvalue weighted by Crippen LogP contribution is -2.46. The summed E-state index contributed by atoms with van der Waals surface area (Å²) in [7, 11) is 0. The molecule has 0 radical (unpaired) electrons. The van der Waals surface area contributed by atoms with Crippen LogP contribution in [0.25, 0.3) is 0 Å². The van der Waals surface area contributed by atoms with E-state index in [2.05, 4.69) is 10.6 Å². The summed E-state index contributed by atoms with van der Waals surface area (Å²) in [4.78, 5) is 37.7. The van der Waals surface area contributed by atoms with Crippen LogP contribution < -0.4 is 20.1 Å². The number of imide groups is 1. The van der Waals surface area contributed by atoms with E-state index in [0.717, 1.165) is 23.3 Å². The molecule has 8 heteroatoms. The molecule has 2 N–H and O–H groups in total. The highest BCUT2D eigenvalue weighted by Gasteiger charge is 2.56. The predicted molar refractivity (Wildman–Crippen MR) is 85.8 cm³/mol. The molecule has 0 spiro atoms. The first-order valence-electron chi connectivity index (χ1n) is 8.27. The van der Waals surface area contributed by atoms with Gasteiger partial charge in [0.15, 0.2) is 11.5 Å². The molecule has 1 unspecified atom stereocenters. The number of hydrogen-bond donors (Lipinski definition) is 2. The molecule has 2 fully saturated rings. The van der Waals surface area contributed by atoms with E-state index in [4.69, 9.17) is 9.47 Å². The molecule has 0 bridgehead atoms. The second-order valence-electron chi connectivity index (χ2n) is 6.76. The molecule has 1 aliphatic carbocycles. The maximum Gasteiger partial charge on any atom is 0.325 e. The lowest BCUT2D eigenvalue weighted by Gasteiger charge is -2.20. The van der Waals surface area contributed by atoms with Gasteiger partial charge in [-0.05, 0) is 43.4 Å². The lowest BCUT2D eigenvalue weighted by atomic mass is 9.96. The zero-order chi connectivity index (χ0) is 17.6. The van der Waals surface area contributed by atoms with Crippen LogP contribution in [0, 0.1) is 5.92 Å². The molecule has 1 saturated heterocycles. The molecular formula is C17H19N3O5. The summed E-state index contributed by atoms with van der Waals surface area (Å²) in [5.74, 6) is 0.778. The maximum atomic E-state index is 12.5. The van der Waals surface area contributed by atoms with E-state index in [1.807, 2.05) is 6.07 Å². The highest BCUT2D eigenvalue weighted by molar-refractivity contribution is 6.09. The molecule has 2 aliphatic heterocycles. The van der Waals surface area contributed by atoms with Crippen LogP contribution in [0.4, 0.5) is 4.79 Å². The van der Waals surface area contributed by atoms with Crippen molar-refractivity contribution in [3.8, 4) is 11.5 Å². The average Bonchev–Trinajstić information content (AvgIpc) is 3.31. The van der Waals surface area contributed by atoms with Crippen molar-refractivity contribution in [1.82, 2.24) is 15.5 Å². The van der Waals surface area contributed by atoms with Crippen molar-refractivity contribution >= 4 is 17.8 Å². The Balaban J connectivity index is 1.34. The molecule has 25 heavy (non-hydrogen) atoms. The molecule has 1 aromatic carbocycles. The minimum absolute atomic E-state index is 0.172. The molecule has 0 aromatic heterocycles. The van der Waals surface area contributed by atoms with E-state index in [1.165, 1.54) is 0 Å². The van der Waals surface area contributed by atoms with Gasteiger partial charge in [0.1, 0.15) is 12.1 Å². The van der Waals surface area contributed by atoms with Crippen LogP contribution in [0.2, 0.25) is 0 Å². The van der Waals surface area contributed by atoms with Crippen molar-refractivity contribution in [3.05, 3.63) is 23.8 Å². The van der Waals surface area contributed by atoms with Gasteiger partial charge in [0.05, 0.1) is 0 Å². The fourth-order valence-corrected chi connectivity index (χ4v) is 3.25. The Morgan fingerprint density at radius 2 is 2.08 bits per heavy atom. The number of benzene rings is 1. The number of carbonyl (C=O) groups excluding carboxylic acids is 3. The van der Waals surface area contributed by atoms with E-state index < -0.39 is 11.6 Å². The Bertz CT molecular complexity index is 761. The van der Waals surface area contributed by atoms with Gasteiger partial charge >= 0.3 is 6.03 Å². The smallest absolute Gasteiger partial charge is 0.325 e. The van der Waals surface area contributed by atoms with E-state index in [0.29, 0.717) is 11.5 Å². The van der Waals surface area contributed by atoms with Crippen LogP contribution in [0.5, 0.6) is 11.5 Å². The molecule has 3 aliphatic rings. The number of fused-ring (bicyclic) bond motifs is 1. The molecule has 4 rings (SSSR count). The number of rotatable bonds is 5. The van der Waals surface area contributed by atoms with E-state index in [-0.39, 0.29) is 37.6 Å². The fourth-order valence-electron chi connectivity index (χ4n) is 3.25. The summed E-state index contributed by atoms with van der Waals surface area (Å²) in [6.45, 7) is 1.92. The molecular weight excluding hydrogens is 326 g/mol. The average molecular weight is 345 g/mol. The van der Waals surface area contributed by atoms with Crippen LogP contribution in [0.15, 0.2) is 18.2 Å². The van der Waals surface area contributed by atoms with Gasteiger partial charge in [0.25, 0.3) is 5.91 Å². The van der Waals surface area contributed by atoms with Gasteiger partial charge < -0.3 is 20.1 Å². The lowest BCUT2D eigenvalue weighted by molar-refractivity contribution is -0.135. The molecule has 1 atom stereocenters. The summed E-state index contributed by atoms with van der Waals surface area (Å²) in [6.07, 6.45) is 1.85. The van der Waals surface area contributed by atoms with Gasteiger partial charge in [-0.2, -0.15) is 0 Å². The zero-order valence-corrected chi connectivity index (χ0v) is 13.8. The van der Waals surface area contributed by atoms with E-state index in [1.54, 1.807) is 19.1 Å². The van der Waals surface area contributed by atoms with Crippen LogP contribution in [0.1, 0.15) is 25.3 Å². The molecule has 132 valence electrons. The summed E-state index contributed by atoms with van der Waals surface area (Å²) in [6, 6.07) is 4.90. The third kappa shape index (κ3) is 2.77. The van der Waals surface area contributed by atoms with Gasteiger partial charge in [-0.3, -0.25) is 14.5 Å². The van der Waals surface area contributed by atoms with E-state index in [9.17, 15) is 14.4 Å². The van der Waals surface area contributed by atoms with Crippen LogP contribution >= 0.6 is 0 Å². The predicted octanol–water partition coefficient (Wildman–Crippen LogP) is 0.752. The van der Waals surface area contributed by atoms with Crippen molar-refractivity contribution in [3.63, 3.8) is 0 Å². The second-order valence-corrected chi connectivity index (χ2v) is 6.76. The standard InChI is InChI=1S/C17H19N3O5/c1-17(11-3-4-11)15(22)20(16(23)19-17)8-14(21)18-7-10-2-5-12-13(6-10)25-9-24-12/h2,5-6,11H,3-4,7-9H2,1H3,(H,18,21)(H,19,23). The molecule has 8 nitrogen and oxygen atoms in total. The fraction of sp³-hybridized carbons (Fsp3) is 0.471. The number of urea groups is 1. The SMILES string of the molecule is CC1(C2CC2)NC(=O)N(CC(=O)NCc2ccc3c(c2)OCO3)C1=O. The summed E-state index contributed by atoms with van der Waals surface area (Å²) in [5.41, 5.74) is -0.0214. The van der Waals surface area contributed by atoms with Crippen molar-refractivity contribution in [2.75, 3.05) is 13.3 Å². The van der Waals surface area contributed by atoms with Crippen LogP contribution in [-0.4, -0.2) is 41.6 Å². The zero-order valence-electron chi connectivity index (χ0n) is 13.8. The van der Waals surface area contributed by atoms with Crippen LogP contribution in [0.3, 0.4) is 0 Å². The first kappa shape index (κ1) is 15.7. The largest absolute Gasteiger partial charge is 0.454 e. The topological polar surface area (TPSA) is 97.0 Å². The molecule has 1 saturated carbocycles. The number of amides is 4. The highest BCUT2D eigenvalue weighted by atomic mass is 16.7. The monoisotopic (exact) mass is 345 g/mol. The second kappa shape index (κ2) is 5.65. The first-order valence-corrected chi connectivity index (χ1v) is 8.27. The van der Waals surface area contributed by atoms with E-state index >= 15 is 0 Å². The van der Waals surface area contributed by atoms with Crippen molar-refractivity contribution in [2.24, 2.45) is 5.92 Å². The third-order valence-corrected chi connectivity index (χ3v) is 4.92. The van der Waals surface area contributed by atoms with Crippen molar-refractivity contribution in [2.45, 2.75) is 31.8 Å². The Morgan fingerprint density at radius 1 is 1.32 bits per heavy atom. The number of ether oxygens (including phenoxy) is 2. The Kier molecular flexibility index (Phi) is 3.55. The summed E-state index contributed by atoms with van der Waals surface area (Å²) >= 11 is 0. The molecule has 1 aromatic rings. The van der Waals surface area contributed by atoms with Gasteiger partial charge in [-0.25, -0.2) is 4.79 Å². The number of hydrogen-bond acceptors (Lipinski definition) is 5. The molecule has 4 amide bonds. The highest BCUT2D eigenvalue weighted by Crippen LogP contribution is 2.42. The molecule has 2 heterocycles. The minimum atomic E-state index is -0.866. The summed E-state index contributed by atoms with van der Waals surface area (Å²) < 4.78 is 10.5. The number of nitrogens with zero attached hydrogens (tertiary/aromatic N) is 1. The summed E-state index contributed by atoms with van der Waals surface area (Å²) in [5, 5.41) is 5.45. The minimum Gasteiger partial charge on any atom is -0.454 e. The Morgan fingerprint density at radius 3 is 2.84 bits per heavy atom.